The highest BCUT2D eigenvalue weighted by atomic mass is 32.2. The smallest absolute Gasteiger partial charge is 0.228 e. The van der Waals surface area contributed by atoms with Gasteiger partial charge in [-0.1, -0.05) is 23.9 Å². The Balaban J connectivity index is 2.57. The Bertz CT molecular complexity index is 447. The fourth-order valence-corrected chi connectivity index (χ4v) is 2.77. The van der Waals surface area contributed by atoms with Gasteiger partial charge in [-0.3, -0.25) is 9.69 Å². The molecule has 1 aliphatic rings. The van der Waals surface area contributed by atoms with Crippen molar-refractivity contribution in [2.45, 2.75) is 25.7 Å². The van der Waals surface area contributed by atoms with Crippen molar-refractivity contribution < 1.29 is 4.79 Å². The van der Waals surface area contributed by atoms with E-state index in [-0.39, 0.29) is 5.91 Å². The minimum atomic E-state index is 0.0728. The van der Waals surface area contributed by atoms with Crippen molar-refractivity contribution in [3.8, 4) is 0 Å². The third-order valence-corrected chi connectivity index (χ3v) is 3.61. The molecule has 2 rings (SSSR count). The minimum absolute atomic E-state index is 0.0728. The summed E-state index contributed by atoms with van der Waals surface area (Å²) in [6, 6.07) is 7.99. The summed E-state index contributed by atoms with van der Waals surface area (Å²) in [5.41, 5.74) is 2.18. The van der Waals surface area contributed by atoms with E-state index in [0.717, 1.165) is 15.6 Å². The molecular weight excluding hydrogens is 206 g/mol. The van der Waals surface area contributed by atoms with Crippen LogP contribution in [0.15, 0.2) is 39.8 Å². The van der Waals surface area contributed by atoms with E-state index in [2.05, 4.69) is 0 Å². The molecule has 1 aromatic rings. The van der Waals surface area contributed by atoms with E-state index >= 15 is 0 Å². The van der Waals surface area contributed by atoms with Gasteiger partial charge in [-0.2, -0.15) is 0 Å². The number of benzene rings is 1. The number of para-hydroxylation sites is 1. The maximum Gasteiger partial charge on any atom is 0.228 e. The molecule has 0 radical (unpaired) electrons. The average molecular weight is 219 g/mol. The second kappa shape index (κ2) is 3.74. The Morgan fingerprint density at radius 1 is 1.20 bits per heavy atom. The van der Waals surface area contributed by atoms with Gasteiger partial charge < -0.3 is 0 Å². The first-order valence-corrected chi connectivity index (χ1v) is 5.68. The lowest BCUT2D eigenvalue weighted by Crippen LogP contribution is -2.23. The number of hydrogen-bond acceptors (Lipinski definition) is 2. The molecule has 1 aliphatic heterocycles. The molecule has 78 valence electrons. The summed E-state index contributed by atoms with van der Waals surface area (Å²) >= 11 is 1.67. The molecule has 3 heteroatoms. The van der Waals surface area contributed by atoms with Crippen LogP contribution in [0.2, 0.25) is 0 Å². The third-order valence-electron chi connectivity index (χ3n) is 2.26. The van der Waals surface area contributed by atoms with Crippen LogP contribution in [0.4, 0.5) is 5.69 Å². The largest absolute Gasteiger partial charge is 0.274 e. The van der Waals surface area contributed by atoms with Crippen LogP contribution in [-0.2, 0) is 4.79 Å². The Kier molecular flexibility index (Phi) is 2.57. The first-order chi connectivity index (χ1) is 7.11. The number of carbonyl (C=O) groups is 1. The van der Waals surface area contributed by atoms with Gasteiger partial charge in [0.1, 0.15) is 0 Å². The number of thioether (sulfide) groups is 1. The molecule has 2 nitrogen and oxygen atoms in total. The van der Waals surface area contributed by atoms with Crippen molar-refractivity contribution in [2.75, 3.05) is 4.90 Å². The predicted molar refractivity (Wildman–Crippen MR) is 63.8 cm³/mol. The van der Waals surface area contributed by atoms with Gasteiger partial charge in [-0.25, -0.2) is 0 Å². The van der Waals surface area contributed by atoms with Gasteiger partial charge in [0.05, 0.1) is 10.7 Å². The second-order valence-corrected chi connectivity index (χ2v) is 4.76. The van der Waals surface area contributed by atoms with Crippen LogP contribution in [-0.4, -0.2) is 5.91 Å². The molecule has 0 spiro atoms. The Morgan fingerprint density at radius 3 is 2.47 bits per heavy atom. The average Bonchev–Trinajstić information content (AvgIpc) is 2.56. The maximum absolute atomic E-state index is 11.6. The minimum Gasteiger partial charge on any atom is -0.274 e. The van der Waals surface area contributed by atoms with Crippen molar-refractivity contribution >= 4 is 23.4 Å². The second-order valence-electron chi connectivity index (χ2n) is 3.73. The molecule has 0 unspecified atom stereocenters. The van der Waals surface area contributed by atoms with Crippen LogP contribution in [0.1, 0.15) is 20.8 Å². The highest BCUT2D eigenvalue weighted by molar-refractivity contribution is 8.03. The van der Waals surface area contributed by atoms with Gasteiger partial charge in [0.2, 0.25) is 5.91 Å². The van der Waals surface area contributed by atoms with E-state index in [1.54, 1.807) is 23.6 Å². The van der Waals surface area contributed by atoms with E-state index in [4.69, 9.17) is 0 Å². The lowest BCUT2D eigenvalue weighted by molar-refractivity contribution is -0.116. The van der Waals surface area contributed by atoms with Gasteiger partial charge >= 0.3 is 0 Å². The van der Waals surface area contributed by atoms with Crippen LogP contribution in [0.3, 0.4) is 0 Å². The van der Waals surface area contributed by atoms with Gasteiger partial charge in [-0.05, 0) is 31.6 Å². The maximum atomic E-state index is 11.6. The SMILES string of the molecule is CC(=O)N1C(=C(C)C)Sc2ccccc21. The molecule has 1 heterocycles. The Hall–Kier alpha value is -1.22. The molecule has 0 atom stereocenters. The number of amides is 1. The number of carbonyl (C=O) groups excluding carboxylic acids is 1. The molecular formula is C12H13NOS. The zero-order valence-corrected chi connectivity index (χ0v) is 9.89. The summed E-state index contributed by atoms with van der Waals surface area (Å²) in [5, 5.41) is 1.05. The van der Waals surface area contributed by atoms with Crippen LogP contribution in [0, 0.1) is 0 Å². The van der Waals surface area contributed by atoms with Crippen molar-refractivity contribution in [1.82, 2.24) is 0 Å². The standard InChI is InChI=1S/C12H13NOS/c1-8(2)12-13(9(3)14)10-6-4-5-7-11(10)15-12/h4-7H,1-3H3. The summed E-state index contributed by atoms with van der Waals surface area (Å²) in [5.74, 6) is 0.0728. The summed E-state index contributed by atoms with van der Waals surface area (Å²) < 4.78 is 0. The molecule has 0 saturated carbocycles. The van der Waals surface area contributed by atoms with Crippen LogP contribution < -0.4 is 4.90 Å². The number of nitrogens with zero attached hydrogens (tertiary/aromatic N) is 1. The molecule has 0 bridgehead atoms. The molecule has 0 aliphatic carbocycles. The van der Waals surface area contributed by atoms with Crippen LogP contribution in [0.25, 0.3) is 0 Å². The lowest BCUT2D eigenvalue weighted by atomic mass is 10.2. The van der Waals surface area contributed by atoms with Crippen LogP contribution in [0.5, 0.6) is 0 Å². The topological polar surface area (TPSA) is 20.3 Å². The summed E-state index contributed by atoms with van der Waals surface area (Å²) in [4.78, 5) is 14.5. The normalized spacial score (nSPS) is 14.1. The number of hydrogen-bond donors (Lipinski definition) is 0. The van der Waals surface area contributed by atoms with Crippen molar-refractivity contribution in [1.29, 1.82) is 0 Å². The van der Waals surface area contributed by atoms with Gasteiger partial charge in [0.15, 0.2) is 0 Å². The van der Waals surface area contributed by atoms with Gasteiger partial charge in [0, 0.05) is 11.8 Å². The highest BCUT2D eigenvalue weighted by Crippen LogP contribution is 2.46. The molecule has 15 heavy (non-hydrogen) atoms. The van der Waals surface area contributed by atoms with Gasteiger partial charge in [0.25, 0.3) is 0 Å². The van der Waals surface area contributed by atoms with Crippen molar-refractivity contribution in [3.05, 3.63) is 34.9 Å². The van der Waals surface area contributed by atoms with E-state index in [9.17, 15) is 4.79 Å². The fraction of sp³-hybridized carbons (Fsp3) is 0.250. The summed E-state index contributed by atoms with van der Waals surface area (Å²) in [7, 11) is 0. The third kappa shape index (κ3) is 1.67. The first-order valence-electron chi connectivity index (χ1n) is 4.86. The predicted octanol–water partition coefficient (Wildman–Crippen LogP) is 3.40. The molecule has 0 N–H and O–H groups in total. The van der Waals surface area contributed by atoms with E-state index < -0.39 is 0 Å². The quantitative estimate of drug-likeness (QED) is 0.666. The molecule has 0 aromatic heterocycles. The van der Waals surface area contributed by atoms with E-state index in [1.165, 1.54) is 5.57 Å². The van der Waals surface area contributed by atoms with Crippen molar-refractivity contribution in [3.63, 3.8) is 0 Å². The van der Waals surface area contributed by atoms with Crippen LogP contribution >= 0.6 is 11.8 Å². The molecule has 1 aromatic carbocycles. The summed E-state index contributed by atoms with van der Waals surface area (Å²) in [6.07, 6.45) is 0. The zero-order valence-electron chi connectivity index (χ0n) is 9.07. The summed E-state index contributed by atoms with van der Waals surface area (Å²) in [6.45, 7) is 5.67. The van der Waals surface area contributed by atoms with E-state index in [1.807, 2.05) is 38.1 Å². The Labute approximate surface area is 94.0 Å². The Morgan fingerprint density at radius 2 is 1.87 bits per heavy atom. The number of allylic oxidation sites excluding steroid dienone is 1. The molecule has 0 saturated heterocycles. The first kappa shape index (κ1) is 10.3. The molecule has 1 amide bonds. The number of fused-ring (bicyclic) bond motifs is 1. The lowest BCUT2D eigenvalue weighted by Gasteiger charge is -2.17. The fourth-order valence-electron chi connectivity index (χ4n) is 1.63. The zero-order chi connectivity index (χ0) is 11.0. The number of rotatable bonds is 0. The molecule has 0 fully saturated rings. The highest BCUT2D eigenvalue weighted by Gasteiger charge is 2.28. The number of anilines is 1. The monoisotopic (exact) mass is 219 g/mol. The van der Waals surface area contributed by atoms with E-state index in [0.29, 0.717) is 0 Å². The van der Waals surface area contributed by atoms with Crippen molar-refractivity contribution in [2.24, 2.45) is 0 Å². The van der Waals surface area contributed by atoms with Gasteiger partial charge in [-0.15, -0.1) is 0 Å².